The molecule has 3 nitrogen and oxygen atoms in total. The van der Waals surface area contributed by atoms with Crippen molar-refractivity contribution in [2.45, 2.75) is 13.0 Å². The molecule has 0 radical (unpaired) electrons. The van der Waals surface area contributed by atoms with Crippen LogP contribution in [-0.4, -0.2) is 16.7 Å². The first-order valence-electron chi connectivity index (χ1n) is 5.83. The van der Waals surface area contributed by atoms with Crippen molar-refractivity contribution in [2.75, 3.05) is 6.61 Å². The molecule has 1 heterocycles. The summed E-state index contributed by atoms with van der Waals surface area (Å²) in [6.07, 6.45) is 0.548. The van der Waals surface area contributed by atoms with Crippen LogP contribution in [0.3, 0.4) is 0 Å². The average Bonchev–Trinajstić information content (AvgIpc) is 2.42. The van der Waals surface area contributed by atoms with Gasteiger partial charge in [-0.3, -0.25) is 0 Å². The quantitative estimate of drug-likeness (QED) is 0.859. The van der Waals surface area contributed by atoms with E-state index >= 15 is 0 Å². The topological polar surface area (TPSA) is 42.4 Å². The van der Waals surface area contributed by atoms with Crippen LogP contribution < -0.4 is 4.74 Å². The predicted octanol–water partition coefficient (Wildman–Crippen LogP) is 3.50. The molecule has 0 saturated carbocycles. The van der Waals surface area contributed by atoms with Gasteiger partial charge in [-0.1, -0.05) is 41.4 Å². The lowest BCUT2D eigenvalue weighted by molar-refractivity contribution is 0.282. The number of benzene rings is 1. The fourth-order valence-corrected chi connectivity index (χ4v) is 2.00. The zero-order chi connectivity index (χ0) is 13.7. The smallest absolute Gasteiger partial charge is 0.132 e. The van der Waals surface area contributed by atoms with Gasteiger partial charge in [-0.25, -0.2) is 4.98 Å². The van der Waals surface area contributed by atoms with Crippen molar-refractivity contribution in [2.24, 2.45) is 0 Å². The van der Waals surface area contributed by atoms with Gasteiger partial charge in [0.05, 0.1) is 10.7 Å². The first-order valence-corrected chi connectivity index (χ1v) is 6.59. The predicted molar refractivity (Wildman–Crippen MR) is 75.8 cm³/mol. The number of aliphatic hydroxyl groups excluding tert-OH is 1. The number of aliphatic hydroxyl groups is 1. The van der Waals surface area contributed by atoms with E-state index in [0.29, 0.717) is 22.3 Å². The highest BCUT2D eigenvalue weighted by atomic mass is 35.5. The normalized spacial score (nSPS) is 10.5. The molecular formula is C14H13Cl2NO2. The zero-order valence-electron chi connectivity index (χ0n) is 10.1. The van der Waals surface area contributed by atoms with Crippen LogP contribution in [-0.2, 0) is 13.0 Å². The van der Waals surface area contributed by atoms with Crippen molar-refractivity contribution in [1.82, 2.24) is 4.98 Å². The number of para-hydroxylation sites is 1. The van der Waals surface area contributed by atoms with E-state index in [-0.39, 0.29) is 13.2 Å². The zero-order valence-corrected chi connectivity index (χ0v) is 11.7. The third-order valence-electron chi connectivity index (χ3n) is 2.60. The Bertz CT molecular complexity index is 561. The number of hydrogen-bond acceptors (Lipinski definition) is 3. The van der Waals surface area contributed by atoms with Gasteiger partial charge in [0.1, 0.15) is 17.5 Å². The maximum atomic E-state index is 9.00. The van der Waals surface area contributed by atoms with Crippen molar-refractivity contribution in [3.05, 3.63) is 57.8 Å². The van der Waals surface area contributed by atoms with E-state index in [2.05, 4.69) is 4.98 Å². The Labute approximate surface area is 121 Å². The Balaban J connectivity index is 2.12. The molecule has 0 spiro atoms. The fraction of sp³-hybridized carbons (Fsp3) is 0.214. The van der Waals surface area contributed by atoms with Gasteiger partial charge in [0.2, 0.25) is 0 Å². The summed E-state index contributed by atoms with van der Waals surface area (Å²) >= 11 is 11.8. The molecule has 0 aliphatic carbocycles. The van der Waals surface area contributed by atoms with E-state index < -0.39 is 0 Å². The lowest BCUT2D eigenvalue weighted by atomic mass is 10.1. The van der Waals surface area contributed by atoms with Crippen LogP contribution in [0.25, 0.3) is 0 Å². The van der Waals surface area contributed by atoms with Crippen molar-refractivity contribution in [3.63, 3.8) is 0 Å². The highest BCUT2D eigenvalue weighted by Crippen LogP contribution is 2.22. The molecule has 0 aliphatic rings. The second-order valence-corrected chi connectivity index (χ2v) is 4.73. The molecule has 0 atom stereocenters. The molecule has 19 heavy (non-hydrogen) atoms. The second kappa shape index (κ2) is 6.75. The summed E-state index contributed by atoms with van der Waals surface area (Å²) in [5.74, 6) is 0.717. The number of aromatic nitrogens is 1. The van der Waals surface area contributed by atoms with Crippen LogP contribution in [0.2, 0.25) is 10.2 Å². The van der Waals surface area contributed by atoms with Crippen LogP contribution in [0.5, 0.6) is 5.75 Å². The van der Waals surface area contributed by atoms with Gasteiger partial charge in [0, 0.05) is 6.61 Å². The standard InChI is InChI=1S/C14H13Cl2NO2/c15-11-5-6-14(16)17-12(11)9-19-13-4-2-1-3-10(13)7-8-18/h1-6,18H,7-9H2. The van der Waals surface area contributed by atoms with Gasteiger partial charge in [-0.2, -0.15) is 0 Å². The third kappa shape index (κ3) is 3.83. The minimum atomic E-state index is 0.0799. The SMILES string of the molecule is OCCc1ccccc1OCc1nc(Cl)ccc1Cl. The highest BCUT2D eigenvalue weighted by molar-refractivity contribution is 6.32. The molecule has 0 unspecified atom stereocenters. The number of nitrogens with zero attached hydrogens (tertiary/aromatic N) is 1. The molecule has 100 valence electrons. The highest BCUT2D eigenvalue weighted by Gasteiger charge is 2.07. The second-order valence-electron chi connectivity index (χ2n) is 3.93. The summed E-state index contributed by atoms with van der Waals surface area (Å²) in [4.78, 5) is 4.12. The van der Waals surface area contributed by atoms with Gasteiger partial charge in [-0.05, 0) is 30.2 Å². The largest absolute Gasteiger partial charge is 0.487 e. The van der Waals surface area contributed by atoms with Crippen LogP contribution in [0.1, 0.15) is 11.3 Å². The minimum Gasteiger partial charge on any atom is -0.487 e. The number of halogens is 2. The van der Waals surface area contributed by atoms with E-state index in [4.69, 9.17) is 33.0 Å². The lowest BCUT2D eigenvalue weighted by Crippen LogP contribution is -2.02. The summed E-state index contributed by atoms with van der Waals surface area (Å²) < 4.78 is 5.69. The van der Waals surface area contributed by atoms with Crippen LogP contribution in [0.4, 0.5) is 0 Å². The number of ether oxygens (including phenoxy) is 1. The maximum absolute atomic E-state index is 9.00. The number of rotatable bonds is 5. The molecule has 5 heteroatoms. The van der Waals surface area contributed by atoms with Crippen molar-refractivity contribution >= 4 is 23.2 Å². The maximum Gasteiger partial charge on any atom is 0.132 e. The van der Waals surface area contributed by atoms with E-state index in [1.165, 1.54) is 0 Å². The number of hydrogen-bond donors (Lipinski definition) is 1. The lowest BCUT2D eigenvalue weighted by Gasteiger charge is -2.11. The molecule has 0 bridgehead atoms. The summed E-state index contributed by atoms with van der Waals surface area (Å²) in [6, 6.07) is 10.9. The molecule has 2 rings (SSSR count). The van der Waals surface area contributed by atoms with E-state index in [0.717, 1.165) is 11.3 Å². The molecule has 0 saturated heterocycles. The molecule has 1 aromatic carbocycles. The van der Waals surface area contributed by atoms with E-state index in [9.17, 15) is 0 Å². The molecular weight excluding hydrogens is 285 g/mol. The Kier molecular flexibility index (Phi) is 5.02. The van der Waals surface area contributed by atoms with Crippen molar-refractivity contribution in [3.8, 4) is 5.75 Å². The summed E-state index contributed by atoms with van der Waals surface area (Å²) in [5.41, 5.74) is 1.54. The van der Waals surface area contributed by atoms with E-state index in [1.54, 1.807) is 12.1 Å². The monoisotopic (exact) mass is 297 g/mol. The summed E-state index contributed by atoms with van der Waals surface area (Å²) in [7, 11) is 0. The van der Waals surface area contributed by atoms with Crippen LogP contribution >= 0.6 is 23.2 Å². The third-order valence-corrected chi connectivity index (χ3v) is 3.16. The Hall–Kier alpha value is -1.29. The Morgan fingerprint density at radius 3 is 2.68 bits per heavy atom. The van der Waals surface area contributed by atoms with Gasteiger partial charge >= 0.3 is 0 Å². The van der Waals surface area contributed by atoms with Gasteiger partial charge in [-0.15, -0.1) is 0 Å². The number of pyridine rings is 1. The van der Waals surface area contributed by atoms with E-state index in [1.807, 2.05) is 24.3 Å². The molecule has 1 aromatic heterocycles. The molecule has 1 N–H and O–H groups in total. The first-order chi connectivity index (χ1) is 9.20. The van der Waals surface area contributed by atoms with Crippen molar-refractivity contribution < 1.29 is 9.84 Å². The van der Waals surface area contributed by atoms with Crippen LogP contribution in [0.15, 0.2) is 36.4 Å². The summed E-state index contributed by atoms with van der Waals surface area (Å²) in [6.45, 7) is 0.318. The van der Waals surface area contributed by atoms with Gasteiger partial charge in [0.25, 0.3) is 0 Å². The minimum absolute atomic E-state index is 0.0799. The first kappa shape index (κ1) is 14.1. The molecule has 0 fully saturated rings. The Morgan fingerprint density at radius 2 is 1.89 bits per heavy atom. The van der Waals surface area contributed by atoms with Gasteiger partial charge in [0.15, 0.2) is 0 Å². The molecule has 2 aromatic rings. The molecule has 0 aliphatic heterocycles. The fourth-order valence-electron chi connectivity index (χ4n) is 1.68. The van der Waals surface area contributed by atoms with Crippen molar-refractivity contribution in [1.29, 1.82) is 0 Å². The van der Waals surface area contributed by atoms with Crippen LogP contribution in [0, 0.1) is 0 Å². The molecule has 0 amide bonds. The average molecular weight is 298 g/mol. The Morgan fingerprint density at radius 1 is 1.11 bits per heavy atom. The van der Waals surface area contributed by atoms with Gasteiger partial charge < -0.3 is 9.84 Å². The summed E-state index contributed by atoms with van der Waals surface area (Å²) in [5, 5.41) is 9.90.